The number of thioether (sulfide) groups is 1. The summed E-state index contributed by atoms with van der Waals surface area (Å²) in [6, 6.07) is 9.19. The van der Waals surface area contributed by atoms with E-state index in [4.69, 9.17) is 16.0 Å². The highest BCUT2D eigenvalue weighted by Crippen LogP contribution is 2.38. The number of carbonyl (C=O) groups excluding carboxylic acids is 2. The molecule has 0 unspecified atom stereocenters. The van der Waals surface area contributed by atoms with Crippen LogP contribution < -0.4 is 0 Å². The maximum absolute atomic E-state index is 12.1. The van der Waals surface area contributed by atoms with Crippen LogP contribution in [0, 0.1) is 0 Å². The second kappa shape index (κ2) is 7.39. The van der Waals surface area contributed by atoms with Crippen LogP contribution in [0.5, 0.6) is 0 Å². The summed E-state index contributed by atoms with van der Waals surface area (Å²) < 4.78 is 6.56. The lowest BCUT2D eigenvalue weighted by Gasteiger charge is -2.06. The Hall–Kier alpha value is -1.15. The minimum atomic E-state index is -0.285. The van der Waals surface area contributed by atoms with Crippen molar-refractivity contribution in [2.75, 3.05) is 6.54 Å². The molecular weight excluding hydrogens is 434 g/mol. The normalized spacial score (nSPS) is 16.5. The summed E-state index contributed by atoms with van der Waals surface area (Å²) in [5.74, 6) is 0.229. The van der Waals surface area contributed by atoms with Crippen LogP contribution in [0.15, 0.2) is 54.1 Å². The van der Waals surface area contributed by atoms with Gasteiger partial charge in [-0.2, -0.15) is 0 Å². The first-order valence-electron chi connectivity index (χ1n) is 6.96. The van der Waals surface area contributed by atoms with Crippen LogP contribution in [0.1, 0.15) is 12.7 Å². The predicted molar refractivity (Wildman–Crippen MR) is 100 cm³/mol. The number of nitrogens with zero attached hydrogens (tertiary/aromatic N) is 1. The average molecular weight is 445 g/mol. The van der Waals surface area contributed by atoms with Crippen LogP contribution in [0.3, 0.4) is 0 Å². The van der Waals surface area contributed by atoms with Gasteiger partial charge in [0.2, 0.25) is 0 Å². The van der Waals surface area contributed by atoms with Gasteiger partial charge in [-0.25, -0.2) is 0 Å². The minimum absolute atomic E-state index is 0.255. The highest BCUT2D eigenvalue weighted by molar-refractivity contribution is 9.10. The van der Waals surface area contributed by atoms with Gasteiger partial charge < -0.3 is 4.42 Å². The summed E-state index contributed by atoms with van der Waals surface area (Å²) in [7, 11) is 0. The van der Waals surface area contributed by atoms with Crippen molar-refractivity contribution in [2.24, 2.45) is 0 Å². The second-order valence-corrected chi connectivity index (χ2v) is 8.10. The monoisotopic (exact) mass is 443 g/mol. The molecule has 0 radical (unpaired) electrons. The van der Waals surface area contributed by atoms with Gasteiger partial charge >= 0.3 is 0 Å². The van der Waals surface area contributed by atoms with Crippen molar-refractivity contribution in [3.05, 3.63) is 50.5 Å². The Kier molecular flexibility index (Phi) is 5.44. The highest BCUT2D eigenvalue weighted by Gasteiger charge is 2.34. The molecule has 0 bridgehead atoms. The lowest BCUT2D eigenvalue weighted by atomic mass is 10.3. The first-order valence-corrected chi connectivity index (χ1v) is 9.76. The lowest BCUT2D eigenvalue weighted by molar-refractivity contribution is -0.122. The van der Waals surface area contributed by atoms with Gasteiger partial charge in [0.15, 0.2) is 5.09 Å². The van der Waals surface area contributed by atoms with E-state index in [0.717, 1.165) is 21.1 Å². The van der Waals surface area contributed by atoms with Crippen LogP contribution in [0.4, 0.5) is 4.79 Å². The summed E-state index contributed by atoms with van der Waals surface area (Å²) in [5.41, 5.74) is 0. The molecule has 2 heterocycles. The molecule has 2 amide bonds. The van der Waals surface area contributed by atoms with Gasteiger partial charge in [-0.05, 0) is 64.9 Å². The Morgan fingerprint density at radius 1 is 1.33 bits per heavy atom. The molecule has 1 aliphatic heterocycles. The number of rotatable bonds is 4. The summed E-state index contributed by atoms with van der Waals surface area (Å²) in [4.78, 5) is 26.4. The number of benzene rings is 1. The van der Waals surface area contributed by atoms with Crippen LogP contribution >= 0.6 is 51.1 Å². The molecule has 1 aromatic carbocycles. The average Bonchev–Trinajstić information content (AvgIpc) is 3.01. The molecule has 124 valence electrons. The van der Waals surface area contributed by atoms with Crippen LogP contribution in [-0.4, -0.2) is 22.6 Å². The van der Waals surface area contributed by atoms with Crippen LogP contribution in [-0.2, 0) is 4.79 Å². The predicted octanol–water partition coefficient (Wildman–Crippen LogP) is 5.90. The van der Waals surface area contributed by atoms with E-state index in [-0.39, 0.29) is 11.1 Å². The zero-order valence-electron chi connectivity index (χ0n) is 12.4. The van der Waals surface area contributed by atoms with Crippen LogP contribution in [0.25, 0.3) is 6.08 Å². The molecule has 4 nitrogen and oxygen atoms in total. The Bertz CT molecular complexity index is 832. The van der Waals surface area contributed by atoms with E-state index >= 15 is 0 Å². The first kappa shape index (κ1) is 17.7. The van der Waals surface area contributed by atoms with Gasteiger partial charge in [0, 0.05) is 22.5 Å². The number of carbonyl (C=O) groups is 2. The highest BCUT2D eigenvalue weighted by atomic mass is 79.9. The van der Waals surface area contributed by atoms with E-state index in [1.165, 1.54) is 16.7 Å². The summed E-state index contributed by atoms with van der Waals surface area (Å²) in [6.45, 7) is 2.13. The molecule has 0 atom stereocenters. The van der Waals surface area contributed by atoms with E-state index < -0.39 is 0 Å². The topological polar surface area (TPSA) is 50.5 Å². The van der Waals surface area contributed by atoms with Crippen molar-refractivity contribution in [1.82, 2.24) is 4.90 Å². The fourth-order valence-electron chi connectivity index (χ4n) is 2.02. The molecule has 24 heavy (non-hydrogen) atoms. The van der Waals surface area contributed by atoms with Gasteiger partial charge in [-0.3, -0.25) is 14.5 Å². The molecule has 1 aliphatic rings. The van der Waals surface area contributed by atoms with Crippen molar-refractivity contribution in [1.29, 1.82) is 0 Å². The number of furan rings is 1. The maximum atomic E-state index is 12.1. The molecule has 0 spiro atoms. The molecular formula is C16H11BrClNO3S2. The van der Waals surface area contributed by atoms with E-state index in [0.29, 0.717) is 27.3 Å². The molecule has 0 N–H and O–H groups in total. The van der Waals surface area contributed by atoms with E-state index in [1.807, 2.05) is 24.3 Å². The van der Waals surface area contributed by atoms with E-state index in [1.54, 1.807) is 19.1 Å². The second-order valence-electron chi connectivity index (χ2n) is 4.77. The van der Waals surface area contributed by atoms with E-state index in [9.17, 15) is 9.59 Å². The molecule has 0 saturated carbocycles. The van der Waals surface area contributed by atoms with Crippen LogP contribution in [0.2, 0.25) is 5.02 Å². The number of halogens is 2. The standard InChI is InChI=1S/C16H11BrClNO3S2/c1-2-19-14(20)13(24-16(19)21)8-10-7-12(17)15(22-10)23-11-5-3-9(18)4-6-11/h3-8H,2H2,1H3/b13-8+. The number of amides is 2. The SMILES string of the molecule is CCN1C(=O)S/C(=C/c2cc(Br)c(Sc3ccc(Cl)cc3)o2)C1=O. The molecule has 8 heteroatoms. The zero-order valence-corrected chi connectivity index (χ0v) is 16.4. The first-order chi connectivity index (χ1) is 11.5. The third kappa shape index (κ3) is 3.74. The van der Waals surface area contributed by atoms with Gasteiger partial charge in [0.05, 0.1) is 9.38 Å². The molecule has 1 fully saturated rings. The van der Waals surface area contributed by atoms with E-state index in [2.05, 4.69) is 15.9 Å². The third-order valence-electron chi connectivity index (χ3n) is 3.16. The number of likely N-dealkylation sites (N-methyl/N-ethyl adjacent to an activating group) is 1. The Morgan fingerprint density at radius 3 is 2.67 bits per heavy atom. The molecule has 2 aromatic rings. The van der Waals surface area contributed by atoms with Crippen molar-refractivity contribution in [2.45, 2.75) is 16.9 Å². The van der Waals surface area contributed by atoms with Crippen molar-refractivity contribution in [3.8, 4) is 0 Å². The summed E-state index contributed by atoms with van der Waals surface area (Å²) in [5, 5.41) is 1.08. The van der Waals surface area contributed by atoms with Crippen molar-refractivity contribution in [3.63, 3.8) is 0 Å². The largest absolute Gasteiger partial charge is 0.449 e. The Morgan fingerprint density at radius 2 is 2.04 bits per heavy atom. The number of hydrogen-bond acceptors (Lipinski definition) is 5. The Labute approximate surface area is 160 Å². The molecule has 3 rings (SSSR count). The smallest absolute Gasteiger partial charge is 0.293 e. The van der Waals surface area contributed by atoms with Gasteiger partial charge in [-0.15, -0.1) is 0 Å². The quantitative estimate of drug-likeness (QED) is 0.549. The molecule has 1 saturated heterocycles. The Balaban J connectivity index is 1.82. The van der Waals surface area contributed by atoms with Crippen molar-refractivity contribution < 1.29 is 14.0 Å². The van der Waals surface area contributed by atoms with Gasteiger partial charge in [-0.1, -0.05) is 23.4 Å². The third-order valence-corrected chi connectivity index (χ3v) is 6.17. The zero-order chi connectivity index (χ0) is 17.3. The number of imide groups is 1. The lowest BCUT2D eigenvalue weighted by Crippen LogP contribution is -2.27. The van der Waals surface area contributed by atoms with Crippen molar-refractivity contribution >= 4 is 68.3 Å². The number of hydrogen-bond donors (Lipinski definition) is 0. The summed E-state index contributed by atoms with van der Waals surface area (Å²) >= 11 is 11.7. The fourth-order valence-corrected chi connectivity index (χ4v) is 4.36. The molecule has 0 aliphatic carbocycles. The summed E-state index contributed by atoms with van der Waals surface area (Å²) in [6.07, 6.45) is 1.59. The minimum Gasteiger partial charge on any atom is -0.449 e. The van der Waals surface area contributed by atoms with Gasteiger partial charge in [0.25, 0.3) is 11.1 Å². The maximum Gasteiger partial charge on any atom is 0.293 e. The van der Waals surface area contributed by atoms with Gasteiger partial charge in [0.1, 0.15) is 5.76 Å². The fraction of sp³-hybridized carbons (Fsp3) is 0.125. The molecule has 1 aromatic heterocycles.